The van der Waals surface area contributed by atoms with Gasteiger partial charge in [0.2, 0.25) is 0 Å². The molecule has 6 heteroatoms. The van der Waals surface area contributed by atoms with Gasteiger partial charge in [0.25, 0.3) is 0 Å². The van der Waals surface area contributed by atoms with E-state index in [1.54, 1.807) is 12.1 Å². The zero-order chi connectivity index (χ0) is 19.4. The number of nitrogens with zero attached hydrogens (tertiary/aromatic N) is 1. The number of benzene rings is 2. The van der Waals surface area contributed by atoms with E-state index in [0.29, 0.717) is 11.5 Å². The number of rotatable bonds is 6. The summed E-state index contributed by atoms with van der Waals surface area (Å²) >= 11 is 0. The molecule has 0 aliphatic heterocycles. The van der Waals surface area contributed by atoms with E-state index < -0.39 is 23.4 Å². The summed E-state index contributed by atoms with van der Waals surface area (Å²) in [5.41, 5.74) is 1.72. The van der Waals surface area contributed by atoms with E-state index in [2.05, 4.69) is 13.8 Å². The van der Waals surface area contributed by atoms with Crippen LogP contribution in [0.15, 0.2) is 36.4 Å². The summed E-state index contributed by atoms with van der Waals surface area (Å²) in [7, 11) is 1.34. The van der Waals surface area contributed by atoms with Crippen LogP contribution in [-0.4, -0.2) is 39.1 Å². The highest BCUT2D eigenvalue weighted by atomic mass is 16.4. The molecule has 0 saturated carbocycles. The van der Waals surface area contributed by atoms with Crippen molar-refractivity contribution in [3.05, 3.63) is 58.7 Å². The minimum absolute atomic E-state index is 0.0270. The second-order valence-corrected chi connectivity index (χ2v) is 6.73. The third kappa shape index (κ3) is 4.33. The Hall–Kier alpha value is -3.02. The Kier molecular flexibility index (Phi) is 5.87. The number of amides is 1. The third-order valence-corrected chi connectivity index (χ3v) is 4.07. The Morgan fingerprint density at radius 3 is 2.15 bits per heavy atom. The molecule has 0 atom stereocenters. The maximum atomic E-state index is 12.6. The monoisotopic (exact) mass is 357 g/mol. The fourth-order valence-electron chi connectivity index (χ4n) is 2.67. The largest absolute Gasteiger partial charge is 0.504 e. The van der Waals surface area contributed by atoms with Gasteiger partial charge in [-0.2, -0.15) is 0 Å². The first-order chi connectivity index (χ1) is 12.2. The normalized spacial score (nSPS) is 10.8. The predicted molar refractivity (Wildman–Crippen MR) is 97.7 cm³/mol. The molecule has 0 radical (unpaired) electrons. The van der Waals surface area contributed by atoms with E-state index in [9.17, 15) is 19.8 Å². The van der Waals surface area contributed by atoms with Crippen LogP contribution in [0.3, 0.4) is 0 Å². The second kappa shape index (κ2) is 7.91. The molecule has 0 saturated heterocycles. The van der Waals surface area contributed by atoms with Crippen LogP contribution in [0.1, 0.15) is 40.9 Å². The highest BCUT2D eigenvalue weighted by Crippen LogP contribution is 2.34. The highest BCUT2D eigenvalue weighted by molar-refractivity contribution is 6.11. The maximum absolute atomic E-state index is 12.6. The number of phenolic OH excluding ortho intramolecular Hbond substituents is 2. The molecule has 0 bridgehead atoms. The zero-order valence-corrected chi connectivity index (χ0v) is 15.1. The molecule has 2 aromatic rings. The lowest BCUT2D eigenvalue weighted by molar-refractivity contribution is 0.103. The molecule has 138 valence electrons. The van der Waals surface area contributed by atoms with Gasteiger partial charge in [0.1, 0.15) is 0 Å². The molecule has 0 heterocycles. The average molecular weight is 357 g/mol. The van der Waals surface area contributed by atoms with E-state index in [1.807, 2.05) is 12.1 Å². The predicted octanol–water partition coefficient (Wildman–Crippen LogP) is 3.64. The SMILES string of the molecule is CC(C)Cc1ccc(C(=O)c2ccc(CN(C)C(=O)O)c(O)c2O)cc1. The Morgan fingerprint density at radius 1 is 1.00 bits per heavy atom. The van der Waals surface area contributed by atoms with Gasteiger partial charge in [0.05, 0.1) is 12.1 Å². The first kappa shape index (κ1) is 19.3. The standard InChI is InChI=1S/C20H23NO5/c1-12(2)10-13-4-6-14(7-5-13)17(22)16-9-8-15(18(23)19(16)24)11-21(3)20(25)26/h4-9,12,23-24H,10-11H2,1-3H3,(H,25,26). The van der Waals surface area contributed by atoms with Gasteiger partial charge in [-0.1, -0.05) is 44.2 Å². The molecular formula is C20H23NO5. The van der Waals surface area contributed by atoms with Crippen LogP contribution >= 0.6 is 0 Å². The summed E-state index contributed by atoms with van der Waals surface area (Å²) in [6.45, 7) is 4.12. The fourth-order valence-corrected chi connectivity index (χ4v) is 2.67. The van der Waals surface area contributed by atoms with Crippen molar-refractivity contribution < 1.29 is 24.9 Å². The van der Waals surface area contributed by atoms with Gasteiger partial charge >= 0.3 is 6.09 Å². The summed E-state index contributed by atoms with van der Waals surface area (Å²) in [6, 6.07) is 9.98. The fraction of sp³-hybridized carbons (Fsp3) is 0.300. The molecule has 0 fully saturated rings. The molecule has 0 spiro atoms. The molecule has 1 amide bonds. The molecule has 2 aromatic carbocycles. The smallest absolute Gasteiger partial charge is 0.407 e. The van der Waals surface area contributed by atoms with Crippen LogP contribution in [0.2, 0.25) is 0 Å². The Morgan fingerprint density at radius 2 is 1.62 bits per heavy atom. The van der Waals surface area contributed by atoms with E-state index in [-0.39, 0.29) is 17.7 Å². The van der Waals surface area contributed by atoms with Crippen LogP contribution in [-0.2, 0) is 13.0 Å². The van der Waals surface area contributed by atoms with Gasteiger partial charge in [-0.3, -0.25) is 4.79 Å². The lowest BCUT2D eigenvalue weighted by Crippen LogP contribution is -2.24. The summed E-state index contributed by atoms with van der Waals surface area (Å²) in [6.07, 6.45) is -0.253. The number of phenols is 2. The Balaban J connectivity index is 2.26. The van der Waals surface area contributed by atoms with Crippen molar-refractivity contribution in [3.8, 4) is 11.5 Å². The highest BCUT2D eigenvalue weighted by Gasteiger charge is 2.20. The van der Waals surface area contributed by atoms with Gasteiger partial charge < -0.3 is 20.2 Å². The van der Waals surface area contributed by atoms with Gasteiger partial charge in [0.15, 0.2) is 17.3 Å². The van der Waals surface area contributed by atoms with Gasteiger partial charge in [-0.25, -0.2) is 4.79 Å². The number of hydrogen-bond acceptors (Lipinski definition) is 4. The Labute approximate surface area is 152 Å². The lowest BCUT2D eigenvalue weighted by atomic mass is 9.97. The number of aromatic hydroxyl groups is 2. The van der Waals surface area contributed by atoms with Crippen molar-refractivity contribution in [1.82, 2.24) is 4.90 Å². The van der Waals surface area contributed by atoms with Crippen LogP contribution in [0, 0.1) is 5.92 Å². The number of carbonyl (C=O) groups excluding carboxylic acids is 1. The van der Waals surface area contributed by atoms with Crippen molar-refractivity contribution in [2.24, 2.45) is 5.92 Å². The second-order valence-electron chi connectivity index (χ2n) is 6.73. The zero-order valence-electron chi connectivity index (χ0n) is 15.1. The molecule has 2 rings (SSSR count). The van der Waals surface area contributed by atoms with Crippen LogP contribution in [0.25, 0.3) is 0 Å². The van der Waals surface area contributed by atoms with E-state index in [1.165, 1.54) is 19.2 Å². The van der Waals surface area contributed by atoms with Crippen molar-refractivity contribution in [3.63, 3.8) is 0 Å². The molecule has 6 nitrogen and oxygen atoms in total. The summed E-state index contributed by atoms with van der Waals surface area (Å²) in [5, 5.41) is 29.2. The number of ketones is 1. The van der Waals surface area contributed by atoms with Crippen LogP contribution in [0.4, 0.5) is 4.79 Å². The topological polar surface area (TPSA) is 98.1 Å². The van der Waals surface area contributed by atoms with Crippen LogP contribution < -0.4 is 0 Å². The first-order valence-corrected chi connectivity index (χ1v) is 8.32. The van der Waals surface area contributed by atoms with Crippen molar-refractivity contribution in [1.29, 1.82) is 0 Å². The summed E-state index contributed by atoms with van der Waals surface area (Å²) in [4.78, 5) is 24.5. The minimum Gasteiger partial charge on any atom is -0.504 e. The lowest BCUT2D eigenvalue weighted by Gasteiger charge is -2.15. The van der Waals surface area contributed by atoms with Gasteiger partial charge in [-0.15, -0.1) is 0 Å². The molecule has 0 aliphatic carbocycles. The Bertz CT molecular complexity index is 812. The van der Waals surface area contributed by atoms with Crippen molar-refractivity contribution >= 4 is 11.9 Å². The summed E-state index contributed by atoms with van der Waals surface area (Å²) < 4.78 is 0. The van der Waals surface area contributed by atoms with Crippen molar-refractivity contribution in [2.75, 3.05) is 7.05 Å². The third-order valence-electron chi connectivity index (χ3n) is 4.07. The van der Waals surface area contributed by atoms with Crippen molar-refractivity contribution in [2.45, 2.75) is 26.8 Å². The summed E-state index contributed by atoms with van der Waals surface area (Å²) in [5.74, 6) is -0.931. The van der Waals surface area contributed by atoms with E-state index in [0.717, 1.165) is 16.9 Å². The molecule has 0 unspecified atom stereocenters. The molecule has 0 aliphatic rings. The number of carboxylic acid groups (broad SMARTS) is 1. The maximum Gasteiger partial charge on any atom is 0.407 e. The van der Waals surface area contributed by atoms with Gasteiger partial charge in [-0.05, 0) is 24.0 Å². The quantitative estimate of drug-likeness (QED) is 0.542. The van der Waals surface area contributed by atoms with E-state index in [4.69, 9.17) is 5.11 Å². The molecular weight excluding hydrogens is 334 g/mol. The first-order valence-electron chi connectivity index (χ1n) is 8.32. The molecule has 3 N–H and O–H groups in total. The van der Waals surface area contributed by atoms with Crippen LogP contribution in [0.5, 0.6) is 11.5 Å². The number of hydrogen-bond donors (Lipinski definition) is 3. The van der Waals surface area contributed by atoms with Gasteiger partial charge in [0, 0.05) is 18.2 Å². The molecule has 0 aromatic heterocycles. The average Bonchev–Trinajstić information content (AvgIpc) is 2.58. The number of carbonyl (C=O) groups is 2. The molecule has 26 heavy (non-hydrogen) atoms. The minimum atomic E-state index is -1.16. The van der Waals surface area contributed by atoms with E-state index >= 15 is 0 Å².